The summed E-state index contributed by atoms with van der Waals surface area (Å²) < 4.78 is 24.3. The summed E-state index contributed by atoms with van der Waals surface area (Å²) in [5.74, 6) is 1.15. The van der Waals surface area contributed by atoms with Crippen LogP contribution in [0.5, 0.6) is 0 Å². The highest BCUT2D eigenvalue weighted by Crippen LogP contribution is 2.18. The Kier molecular flexibility index (Phi) is 4.91. The van der Waals surface area contributed by atoms with Crippen molar-refractivity contribution in [2.24, 2.45) is 0 Å². The molecule has 2 rings (SSSR count). The molecule has 0 bridgehead atoms. The summed E-state index contributed by atoms with van der Waals surface area (Å²) in [5, 5.41) is 6.21. The first-order valence-electron chi connectivity index (χ1n) is 6.63. The molecule has 0 spiro atoms. The van der Waals surface area contributed by atoms with Gasteiger partial charge in [0.1, 0.15) is 5.52 Å². The lowest BCUT2D eigenvalue weighted by Gasteiger charge is -2.08. The third-order valence-electron chi connectivity index (χ3n) is 2.63. The maximum Gasteiger partial charge on any atom is 0.226 e. The molecule has 4 N–H and O–H groups in total. The molecule has 21 heavy (non-hydrogen) atoms. The lowest BCUT2D eigenvalue weighted by atomic mass is 10.4. The van der Waals surface area contributed by atoms with Crippen LogP contribution in [-0.2, 0) is 10.0 Å². The van der Waals surface area contributed by atoms with Crippen molar-refractivity contribution in [1.29, 1.82) is 0 Å². The second kappa shape index (κ2) is 6.68. The summed E-state index contributed by atoms with van der Waals surface area (Å²) in [6.07, 6.45) is 3.34. The van der Waals surface area contributed by atoms with Crippen LogP contribution < -0.4 is 15.4 Å². The molecule has 116 valence electrons. The number of hydrogen-bond acceptors (Lipinski definition) is 7. The van der Waals surface area contributed by atoms with Gasteiger partial charge in [-0.05, 0) is 13.3 Å². The van der Waals surface area contributed by atoms with Crippen molar-refractivity contribution < 1.29 is 8.42 Å². The molecular weight excluding hydrogens is 294 g/mol. The Morgan fingerprint density at radius 3 is 2.76 bits per heavy atom. The second-order valence-corrected chi connectivity index (χ2v) is 6.31. The minimum Gasteiger partial charge on any atom is -0.368 e. The molecule has 10 heteroatoms. The molecular formula is C11H19N7O2S. The predicted octanol–water partition coefficient (Wildman–Crippen LogP) is 0.136. The predicted molar refractivity (Wildman–Crippen MR) is 81.8 cm³/mol. The monoisotopic (exact) mass is 313 g/mol. The number of fused-ring (bicyclic) bond motifs is 1. The standard InChI is InChI=1S/C11H19N7O2S/c1-3-12-11-17-9(8-10(18-11)15-7-14-8)13-5-4-6-16-21(2,19)20/h7,16H,3-6H2,1-2H3,(H3,12,13,14,15,17,18). The first kappa shape index (κ1) is 15.4. The number of sulfonamides is 1. The summed E-state index contributed by atoms with van der Waals surface area (Å²) in [4.78, 5) is 15.7. The fourth-order valence-electron chi connectivity index (χ4n) is 1.75. The molecule has 0 aliphatic carbocycles. The molecule has 0 atom stereocenters. The van der Waals surface area contributed by atoms with E-state index in [9.17, 15) is 8.42 Å². The van der Waals surface area contributed by atoms with Crippen molar-refractivity contribution in [2.45, 2.75) is 13.3 Å². The average Bonchev–Trinajstić information content (AvgIpc) is 2.85. The first-order chi connectivity index (χ1) is 9.99. The lowest BCUT2D eigenvalue weighted by molar-refractivity contribution is 0.586. The van der Waals surface area contributed by atoms with Crippen molar-refractivity contribution in [3.8, 4) is 0 Å². The van der Waals surface area contributed by atoms with Gasteiger partial charge in [0, 0.05) is 19.6 Å². The number of aromatic amines is 1. The highest BCUT2D eigenvalue weighted by molar-refractivity contribution is 7.88. The maximum atomic E-state index is 10.9. The summed E-state index contributed by atoms with van der Waals surface area (Å²) in [6.45, 7) is 3.64. The number of anilines is 2. The van der Waals surface area contributed by atoms with Crippen LogP contribution in [0.1, 0.15) is 13.3 Å². The van der Waals surface area contributed by atoms with Crippen LogP contribution >= 0.6 is 0 Å². The van der Waals surface area contributed by atoms with Gasteiger partial charge >= 0.3 is 0 Å². The highest BCUT2D eigenvalue weighted by atomic mass is 32.2. The van der Waals surface area contributed by atoms with E-state index in [-0.39, 0.29) is 0 Å². The Morgan fingerprint density at radius 2 is 2.05 bits per heavy atom. The number of nitrogens with zero attached hydrogens (tertiary/aromatic N) is 3. The molecule has 0 aliphatic heterocycles. The fraction of sp³-hybridized carbons (Fsp3) is 0.545. The van der Waals surface area contributed by atoms with E-state index in [4.69, 9.17) is 0 Å². The van der Waals surface area contributed by atoms with Gasteiger partial charge in [0.25, 0.3) is 0 Å². The van der Waals surface area contributed by atoms with Gasteiger partial charge in [-0.25, -0.2) is 18.1 Å². The van der Waals surface area contributed by atoms with Crippen LogP contribution in [0.2, 0.25) is 0 Å². The SMILES string of the molecule is CCNc1nc(NCCCNS(C)(=O)=O)c2[nH]cnc2n1. The largest absolute Gasteiger partial charge is 0.368 e. The van der Waals surface area contributed by atoms with Gasteiger partial charge in [-0.15, -0.1) is 0 Å². The quantitative estimate of drug-likeness (QED) is 0.511. The van der Waals surface area contributed by atoms with Crippen molar-refractivity contribution in [3.05, 3.63) is 6.33 Å². The van der Waals surface area contributed by atoms with Gasteiger partial charge in [0.15, 0.2) is 11.5 Å². The van der Waals surface area contributed by atoms with Gasteiger partial charge in [-0.3, -0.25) is 0 Å². The van der Waals surface area contributed by atoms with Crippen LogP contribution in [0.3, 0.4) is 0 Å². The van der Waals surface area contributed by atoms with Crippen LogP contribution in [0, 0.1) is 0 Å². The number of hydrogen-bond donors (Lipinski definition) is 4. The molecule has 0 saturated heterocycles. The molecule has 0 amide bonds. The van der Waals surface area contributed by atoms with Crippen molar-refractivity contribution in [3.63, 3.8) is 0 Å². The Morgan fingerprint density at radius 1 is 1.24 bits per heavy atom. The number of aromatic nitrogens is 4. The zero-order valence-electron chi connectivity index (χ0n) is 12.0. The molecule has 0 saturated carbocycles. The van der Waals surface area contributed by atoms with Crippen molar-refractivity contribution in [1.82, 2.24) is 24.7 Å². The van der Waals surface area contributed by atoms with Crippen molar-refractivity contribution >= 4 is 33.0 Å². The van der Waals surface area contributed by atoms with Crippen LogP contribution in [0.4, 0.5) is 11.8 Å². The van der Waals surface area contributed by atoms with E-state index in [1.165, 1.54) is 0 Å². The van der Waals surface area contributed by atoms with Crippen LogP contribution in [-0.4, -0.2) is 54.2 Å². The normalized spacial score (nSPS) is 11.7. The van der Waals surface area contributed by atoms with Gasteiger partial charge in [-0.2, -0.15) is 9.97 Å². The van der Waals surface area contributed by atoms with Gasteiger partial charge in [0.05, 0.1) is 12.6 Å². The van der Waals surface area contributed by atoms with Crippen LogP contribution in [0.15, 0.2) is 6.33 Å². The Labute approximate surface area is 123 Å². The number of rotatable bonds is 8. The van der Waals surface area contributed by atoms with E-state index in [1.807, 2.05) is 6.92 Å². The molecule has 0 aromatic carbocycles. The van der Waals surface area contributed by atoms with Crippen molar-refractivity contribution in [2.75, 3.05) is 36.5 Å². The third-order valence-corrected chi connectivity index (χ3v) is 3.36. The van der Waals surface area contributed by atoms with Gasteiger partial charge < -0.3 is 15.6 Å². The van der Waals surface area contributed by atoms with Crippen LogP contribution in [0.25, 0.3) is 11.2 Å². The minimum atomic E-state index is -3.14. The number of H-pyrrole nitrogens is 1. The molecule has 2 heterocycles. The molecule has 0 fully saturated rings. The van der Waals surface area contributed by atoms with E-state index in [0.29, 0.717) is 43.5 Å². The Balaban J connectivity index is 1.98. The molecule has 2 aromatic heterocycles. The minimum absolute atomic E-state index is 0.378. The molecule has 0 aliphatic rings. The maximum absolute atomic E-state index is 10.9. The van der Waals surface area contributed by atoms with E-state index in [2.05, 4.69) is 35.3 Å². The van der Waals surface area contributed by atoms with E-state index in [0.717, 1.165) is 11.8 Å². The summed E-state index contributed by atoms with van der Waals surface area (Å²) in [5.41, 5.74) is 1.31. The molecule has 0 radical (unpaired) electrons. The molecule has 9 nitrogen and oxygen atoms in total. The molecule has 0 unspecified atom stereocenters. The smallest absolute Gasteiger partial charge is 0.226 e. The number of imidazole rings is 1. The Bertz CT molecular complexity index is 698. The number of nitrogens with one attached hydrogen (secondary N) is 4. The van der Waals surface area contributed by atoms with Gasteiger partial charge in [-0.1, -0.05) is 0 Å². The Hall–Kier alpha value is -1.94. The summed E-state index contributed by atoms with van der Waals surface area (Å²) >= 11 is 0. The van der Waals surface area contributed by atoms with Gasteiger partial charge in [0.2, 0.25) is 16.0 Å². The zero-order chi connectivity index (χ0) is 15.3. The fourth-order valence-corrected chi connectivity index (χ4v) is 2.27. The molecule has 2 aromatic rings. The van der Waals surface area contributed by atoms with E-state index < -0.39 is 10.0 Å². The lowest BCUT2D eigenvalue weighted by Crippen LogP contribution is -2.24. The van der Waals surface area contributed by atoms with E-state index >= 15 is 0 Å². The summed E-state index contributed by atoms with van der Waals surface area (Å²) in [6, 6.07) is 0. The highest BCUT2D eigenvalue weighted by Gasteiger charge is 2.09. The summed E-state index contributed by atoms with van der Waals surface area (Å²) in [7, 11) is -3.14. The topological polar surface area (TPSA) is 125 Å². The first-order valence-corrected chi connectivity index (χ1v) is 8.52. The van der Waals surface area contributed by atoms with E-state index in [1.54, 1.807) is 6.33 Å². The second-order valence-electron chi connectivity index (χ2n) is 4.47. The zero-order valence-corrected chi connectivity index (χ0v) is 12.8. The third kappa shape index (κ3) is 4.53. The average molecular weight is 313 g/mol.